The van der Waals surface area contributed by atoms with Gasteiger partial charge in [-0.1, -0.05) is 24.3 Å². The van der Waals surface area contributed by atoms with Gasteiger partial charge in [0.1, 0.15) is 0 Å². The number of hydrogen-bond acceptors (Lipinski definition) is 5. The summed E-state index contributed by atoms with van der Waals surface area (Å²) in [6, 6.07) is 17.3. The Bertz CT molecular complexity index is 1310. The van der Waals surface area contributed by atoms with Gasteiger partial charge in [-0.2, -0.15) is 4.31 Å². The molecular weight excluding hydrogens is 436 g/mol. The summed E-state index contributed by atoms with van der Waals surface area (Å²) in [4.78, 5) is 14.9. The molecule has 0 bridgehead atoms. The zero-order chi connectivity index (χ0) is 23.2. The van der Waals surface area contributed by atoms with Crippen LogP contribution < -0.4 is 15.5 Å². The molecule has 1 amide bonds. The number of benzene rings is 3. The monoisotopic (exact) mass is 464 g/mol. The summed E-state index contributed by atoms with van der Waals surface area (Å²) in [6.07, 6.45) is 0. The van der Waals surface area contributed by atoms with Crippen molar-refractivity contribution in [2.75, 3.05) is 36.4 Å². The molecule has 33 heavy (non-hydrogen) atoms. The Morgan fingerprint density at radius 1 is 1.00 bits per heavy atom. The van der Waals surface area contributed by atoms with E-state index in [-0.39, 0.29) is 11.9 Å². The van der Waals surface area contributed by atoms with Crippen LogP contribution in [-0.4, -0.2) is 50.9 Å². The van der Waals surface area contributed by atoms with E-state index >= 15 is 0 Å². The van der Waals surface area contributed by atoms with Gasteiger partial charge < -0.3 is 15.5 Å². The normalized spacial score (nSPS) is 16.4. The Hall–Kier alpha value is -2.94. The van der Waals surface area contributed by atoms with Crippen molar-refractivity contribution in [3.8, 4) is 0 Å². The minimum Gasteiger partial charge on any atom is -0.364 e. The fourth-order valence-electron chi connectivity index (χ4n) is 4.67. The van der Waals surface area contributed by atoms with Crippen LogP contribution in [0.5, 0.6) is 0 Å². The molecule has 172 valence electrons. The van der Waals surface area contributed by atoms with E-state index in [4.69, 9.17) is 0 Å². The fraction of sp³-hybridized carbons (Fsp3) is 0.320. The van der Waals surface area contributed by atoms with Gasteiger partial charge in [0.05, 0.1) is 4.90 Å². The lowest BCUT2D eigenvalue weighted by Gasteiger charge is -2.31. The number of sulfonamides is 1. The van der Waals surface area contributed by atoms with E-state index in [2.05, 4.69) is 41.5 Å². The van der Waals surface area contributed by atoms with Crippen LogP contribution in [0.1, 0.15) is 29.8 Å². The summed E-state index contributed by atoms with van der Waals surface area (Å²) in [5, 5.41) is 8.13. The number of amides is 1. The molecule has 0 radical (unpaired) electrons. The van der Waals surface area contributed by atoms with Crippen molar-refractivity contribution < 1.29 is 13.2 Å². The molecule has 0 aromatic heterocycles. The average Bonchev–Trinajstić information content (AvgIpc) is 3.16. The highest BCUT2D eigenvalue weighted by Crippen LogP contribution is 2.39. The molecule has 3 aromatic carbocycles. The van der Waals surface area contributed by atoms with Gasteiger partial charge in [0.2, 0.25) is 10.0 Å². The topological polar surface area (TPSA) is 81.8 Å². The van der Waals surface area contributed by atoms with Crippen molar-refractivity contribution in [2.24, 2.45) is 0 Å². The lowest BCUT2D eigenvalue weighted by Crippen LogP contribution is -2.46. The van der Waals surface area contributed by atoms with Gasteiger partial charge in [0.25, 0.3) is 5.91 Å². The van der Waals surface area contributed by atoms with Crippen molar-refractivity contribution in [1.29, 1.82) is 0 Å². The molecular formula is C25H28N4O3S. The van der Waals surface area contributed by atoms with Crippen LogP contribution in [0.2, 0.25) is 0 Å². The molecule has 0 spiro atoms. The molecule has 0 atom stereocenters. The lowest BCUT2D eigenvalue weighted by molar-refractivity contribution is 0.103. The van der Waals surface area contributed by atoms with Crippen LogP contribution in [0, 0.1) is 0 Å². The fourth-order valence-corrected chi connectivity index (χ4v) is 6.11. The molecule has 0 aliphatic carbocycles. The Morgan fingerprint density at radius 2 is 1.73 bits per heavy atom. The Morgan fingerprint density at radius 3 is 2.42 bits per heavy atom. The minimum atomic E-state index is -3.47. The van der Waals surface area contributed by atoms with Crippen molar-refractivity contribution in [3.05, 3.63) is 65.7 Å². The second-order valence-electron chi connectivity index (χ2n) is 8.83. The number of piperazine rings is 1. The van der Waals surface area contributed by atoms with E-state index in [9.17, 15) is 13.2 Å². The molecule has 3 aromatic rings. The molecule has 2 heterocycles. The second-order valence-corrected chi connectivity index (χ2v) is 10.8. The highest BCUT2D eigenvalue weighted by atomic mass is 32.2. The number of anilines is 2. The molecule has 5 rings (SSSR count). The maximum atomic E-state index is 12.9. The van der Waals surface area contributed by atoms with E-state index in [0.717, 1.165) is 27.7 Å². The number of carbonyl (C=O) groups is 1. The molecule has 2 N–H and O–H groups in total. The third kappa shape index (κ3) is 3.88. The van der Waals surface area contributed by atoms with Crippen molar-refractivity contribution in [1.82, 2.24) is 9.62 Å². The lowest BCUT2D eigenvalue weighted by atomic mass is 10.0. The van der Waals surface area contributed by atoms with E-state index in [1.165, 1.54) is 0 Å². The molecule has 0 saturated carbocycles. The van der Waals surface area contributed by atoms with Gasteiger partial charge in [-0.05, 0) is 49.7 Å². The van der Waals surface area contributed by atoms with E-state index < -0.39 is 10.0 Å². The zero-order valence-corrected chi connectivity index (χ0v) is 19.7. The van der Waals surface area contributed by atoms with Crippen LogP contribution in [0.25, 0.3) is 10.8 Å². The molecule has 2 aliphatic rings. The first-order chi connectivity index (χ1) is 15.9. The van der Waals surface area contributed by atoms with Crippen molar-refractivity contribution in [3.63, 3.8) is 0 Å². The standard InChI is InChI=1S/C25H28N4O3S/c1-17(2)29(23-11-10-22-24-20(23)4-3-5-21(24)25(30)27-22)16-18-6-8-19(9-7-18)33(31,32)28-14-12-26-13-15-28/h3-11,17,26H,12-16H2,1-2H3,(H,27,30). The highest BCUT2D eigenvalue weighted by Gasteiger charge is 2.27. The van der Waals surface area contributed by atoms with Crippen LogP contribution in [-0.2, 0) is 16.6 Å². The number of carbonyl (C=O) groups excluding carboxylic acids is 1. The summed E-state index contributed by atoms with van der Waals surface area (Å²) in [5.41, 5.74) is 3.64. The second kappa shape index (κ2) is 8.44. The van der Waals surface area contributed by atoms with E-state index in [1.54, 1.807) is 16.4 Å². The number of nitrogens with zero attached hydrogens (tertiary/aromatic N) is 2. The summed E-state index contributed by atoms with van der Waals surface area (Å²) in [6.45, 7) is 7.24. The van der Waals surface area contributed by atoms with Crippen molar-refractivity contribution in [2.45, 2.75) is 31.3 Å². The minimum absolute atomic E-state index is 0.0647. The SMILES string of the molecule is CC(C)N(Cc1ccc(S(=O)(=O)N2CCNCC2)cc1)c1ccc2c3c(cccc13)C(=O)N2. The summed E-state index contributed by atoms with van der Waals surface area (Å²) < 4.78 is 27.4. The van der Waals surface area contributed by atoms with E-state index in [1.807, 2.05) is 30.3 Å². The molecule has 7 nitrogen and oxygen atoms in total. The molecule has 0 unspecified atom stereocenters. The van der Waals surface area contributed by atoms with Gasteiger partial charge in [-0.3, -0.25) is 4.79 Å². The average molecular weight is 465 g/mol. The summed E-state index contributed by atoms with van der Waals surface area (Å²) in [7, 11) is -3.47. The van der Waals surface area contributed by atoms with Gasteiger partial charge >= 0.3 is 0 Å². The number of nitrogens with one attached hydrogen (secondary N) is 2. The highest BCUT2D eigenvalue weighted by molar-refractivity contribution is 7.89. The number of rotatable bonds is 6. The molecule has 8 heteroatoms. The van der Waals surface area contributed by atoms with Crippen LogP contribution >= 0.6 is 0 Å². The van der Waals surface area contributed by atoms with Crippen LogP contribution in [0.4, 0.5) is 11.4 Å². The predicted octanol–water partition coefficient (Wildman–Crippen LogP) is 3.41. The predicted molar refractivity (Wildman–Crippen MR) is 131 cm³/mol. The maximum absolute atomic E-state index is 12.9. The summed E-state index contributed by atoms with van der Waals surface area (Å²) in [5.74, 6) is -0.0647. The van der Waals surface area contributed by atoms with Gasteiger partial charge in [-0.25, -0.2) is 8.42 Å². The summed E-state index contributed by atoms with van der Waals surface area (Å²) >= 11 is 0. The first-order valence-corrected chi connectivity index (χ1v) is 12.7. The maximum Gasteiger partial charge on any atom is 0.256 e. The quantitative estimate of drug-likeness (QED) is 0.584. The molecule has 2 aliphatic heterocycles. The van der Waals surface area contributed by atoms with Gasteiger partial charge in [0, 0.05) is 66.5 Å². The first-order valence-electron chi connectivity index (χ1n) is 11.3. The first kappa shape index (κ1) is 21.9. The van der Waals surface area contributed by atoms with Gasteiger partial charge in [-0.15, -0.1) is 0 Å². The Kier molecular flexibility index (Phi) is 5.60. The zero-order valence-electron chi connectivity index (χ0n) is 18.8. The third-order valence-corrected chi connectivity index (χ3v) is 8.35. The van der Waals surface area contributed by atoms with Crippen LogP contribution in [0.3, 0.4) is 0 Å². The van der Waals surface area contributed by atoms with Crippen LogP contribution in [0.15, 0.2) is 59.5 Å². The Balaban J connectivity index is 1.45. The van der Waals surface area contributed by atoms with E-state index in [0.29, 0.717) is 43.2 Å². The molecule has 1 saturated heterocycles. The largest absolute Gasteiger partial charge is 0.364 e. The molecule has 1 fully saturated rings. The smallest absolute Gasteiger partial charge is 0.256 e. The van der Waals surface area contributed by atoms with Gasteiger partial charge in [0.15, 0.2) is 0 Å². The number of hydrogen-bond donors (Lipinski definition) is 2. The Labute approximate surface area is 194 Å². The third-order valence-electron chi connectivity index (χ3n) is 6.43. The van der Waals surface area contributed by atoms with Crippen molar-refractivity contribution >= 4 is 38.1 Å².